The number of rotatable bonds is 6. The molecule has 0 amide bonds. The molecule has 1 saturated carbocycles. The first-order valence-corrected chi connectivity index (χ1v) is 7.70. The van der Waals surface area contributed by atoms with Gasteiger partial charge in [0.05, 0.1) is 25.3 Å². The molecule has 1 aromatic rings. The summed E-state index contributed by atoms with van der Waals surface area (Å²) in [7, 11) is 5.25. The Morgan fingerprint density at radius 2 is 2.05 bits per heavy atom. The van der Waals surface area contributed by atoms with Crippen molar-refractivity contribution in [2.45, 2.75) is 31.9 Å². The minimum atomic E-state index is -0.151. The van der Waals surface area contributed by atoms with E-state index in [1.54, 1.807) is 14.2 Å². The molecule has 1 fully saturated rings. The van der Waals surface area contributed by atoms with E-state index in [2.05, 4.69) is 11.9 Å². The van der Waals surface area contributed by atoms with Crippen LogP contribution in [0.3, 0.4) is 0 Å². The van der Waals surface area contributed by atoms with Gasteiger partial charge in [-0.05, 0) is 43.5 Å². The average molecular weight is 314 g/mol. The summed E-state index contributed by atoms with van der Waals surface area (Å²) < 4.78 is 10.6. The van der Waals surface area contributed by atoms with E-state index < -0.39 is 0 Å². The highest BCUT2D eigenvalue weighted by atomic mass is 35.5. The Labute approximate surface area is 131 Å². The Morgan fingerprint density at radius 1 is 1.29 bits per heavy atom. The molecule has 1 aromatic carbocycles. The number of nitrogens with zero attached hydrogens (tertiary/aromatic N) is 1. The molecule has 0 radical (unpaired) electrons. The second-order valence-corrected chi connectivity index (χ2v) is 6.18. The summed E-state index contributed by atoms with van der Waals surface area (Å²) >= 11 is 6.23. The Morgan fingerprint density at radius 3 is 2.62 bits per heavy atom. The second-order valence-electron chi connectivity index (χ2n) is 5.77. The summed E-state index contributed by atoms with van der Waals surface area (Å²) in [5.74, 6) is 1.59. The number of aliphatic hydroxyl groups is 1. The Balaban J connectivity index is 2.03. The fourth-order valence-electron chi connectivity index (χ4n) is 3.07. The summed E-state index contributed by atoms with van der Waals surface area (Å²) in [4.78, 5) is 2.22. The van der Waals surface area contributed by atoms with E-state index in [9.17, 15) is 5.11 Å². The molecule has 2 rings (SSSR count). The van der Waals surface area contributed by atoms with Gasteiger partial charge in [-0.3, -0.25) is 0 Å². The lowest BCUT2D eigenvalue weighted by molar-refractivity contribution is 0.108. The molecule has 21 heavy (non-hydrogen) atoms. The average Bonchev–Trinajstić information content (AvgIpc) is 2.83. The van der Waals surface area contributed by atoms with Crippen molar-refractivity contribution in [3.63, 3.8) is 0 Å². The van der Waals surface area contributed by atoms with Gasteiger partial charge in [-0.1, -0.05) is 18.0 Å². The van der Waals surface area contributed by atoms with Crippen LogP contribution in [-0.2, 0) is 6.54 Å². The molecule has 5 heteroatoms. The van der Waals surface area contributed by atoms with Gasteiger partial charge in [0.25, 0.3) is 0 Å². The van der Waals surface area contributed by atoms with E-state index >= 15 is 0 Å². The van der Waals surface area contributed by atoms with Crippen molar-refractivity contribution in [3.05, 3.63) is 22.7 Å². The van der Waals surface area contributed by atoms with Crippen molar-refractivity contribution in [2.24, 2.45) is 5.92 Å². The van der Waals surface area contributed by atoms with Crippen molar-refractivity contribution in [1.82, 2.24) is 4.90 Å². The molecule has 2 atom stereocenters. The van der Waals surface area contributed by atoms with Gasteiger partial charge < -0.3 is 19.5 Å². The van der Waals surface area contributed by atoms with Crippen LogP contribution in [-0.4, -0.2) is 43.9 Å². The minimum Gasteiger partial charge on any atom is -0.493 e. The van der Waals surface area contributed by atoms with E-state index in [-0.39, 0.29) is 6.10 Å². The summed E-state index contributed by atoms with van der Waals surface area (Å²) in [5.41, 5.74) is 1.08. The molecule has 0 bridgehead atoms. The number of hydrogen-bond donors (Lipinski definition) is 1. The summed E-state index contributed by atoms with van der Waals surface area (Å²) in [5, 5.41) is 10.5. The summed E-state index contributed by atoms with van der Waals surface area (Å²) in [6.07, 6.45) is 3.02. The maximum Gasteiger partial charge on any atom is 0.179 e. The van der Waals surface area contributed by atoms with Gasteiger partial charge in [-0.25, -0.2) is 0 Å². The minimum absolute atomic E-state index is 0.151. The van der Waals surface area contributed by atoms with Crippen LogP contribution in [0.2, 0.25) is 5.02 Å². The van der Waals surface area contributed by atoms with Gasteiger partial charge >= 0.3 is 0 Å². The lowest BCUT2D eigenvalue weighted by Gasteiger charge is -2.23. The fourth-order valence-corrected chi connectivity index (χ4v) is 3.38. The van der Waals surface area contributed by atoms with Crippen LogP contribution >= 0.6 is 11.6 Å². The molecule has 118 valence electrons. The number of ether oxygens (including phenoxy) is 2. The van der Waals surface area contributed by atoms with E-state index in [4.69, 9.17) is 21.1 Å². The van der Waals surface area contributed by atoms with Crippen LogP contribution < -0.4 is 9.47 Å². The molecule has 0 heterocycles. The largest absolute Gasteiger partial charge is 0.493 e. The number of hydrogen-bond acceptors (Lipinski definition) is 4. The maximum atomic E-state index is 9.91. The highest BCUT2D eigenvalue weighted by molar-refractivity contribution is 6.32. The van der Waals surface area contributed by atoms with Gasteiger partial charge in [0, 0.05) is 13.1 Å². The van der Waals surface area contributed by atoms with Crippen LogP contribution in [0.4, 0.5) is 0 Å². The first kappa shape index (κ1) is 16.4. The molecule has 0 spiro atoms. The van der Waals surface area contributed by atoms with E-state index in [1.807, 2.05) is 12.1 Å². The van der Waals surface area contributed by atoms with Crippen molar-refractivity contribution >= 4 is 11.6 Å². The quantitative estimate of drug-likeness (QED) is 0.877. The summed E-state index contributed by atoms with van der Waals surface area (Å²) in [6.45, 7) is 1.66. The monoisotopic (exact) mass is 313 g/mol. The molecular weight excluding hydrogens is 290 g/mol. The van der Waals surface area contributed by atoms with E-state index in [0.29, 0.717) is 22.4 Å². The zero-order valence-electron chi connectivity index (χ0n) is 12.9. The Bertz CT molecular complexity index is 481. The van der Waals surface area contributed by atoms with Crippen LogP contribution in [0.1, 0.15) is 24.8 Å². The Hall–Kier alpha value is -0.970. The second kappa shape index (κ2) is 7.34. The number of methoxy groups -OCH3 is 2. The van der Waals surface area contributed by atoms with E-state index in [0.717, 1.165) is 37.9 Å². The van der Waals surface area contributed by atoms with Crippen LogP contribution in [0.5, 0.6) is 11.5 Å². The van der Waals surface area contributed by atoms with Gasteiger partial charge in [-0.15, -0.1) is 0 Å². The van der Waals surface area contributed by atoms with E-state index in [1.165, 1.54) is 0 Å². The molecule has 1 aliphatic rings. The third-order valence-electron chi connectivity index (χ3n) is 4.11. The fraction of sp³-hybridized carbons (Fsp3) is 0.625. The van der Waals surface area contributed by atoms with Gasteiger partial charge in [0.15, 0.2) is 11.5 Å². The molecular formula is C16H24ClNO3. The van der Waals surface area contributed by atoms with Crippen molar-refractivity contribution < 1.29 is 14.6 Å². The number of aliphatic hydroxyl groups excluding tert-OH is 1. The van der Waals surface area contributed by atoms with Crippen molar-refractivity contribution in [2.75, 3.05) is 27.8 Å². The third-order valence-corrected chi connectivity index (χ3v) is 4.39. The number of halogens is 1. The highest BCUT2D eigenvalue weighted by Crippen LogP contribution is 2.36. The first-order valence-electron chi connectivity index (χ1n) is 7.32. The Kier molecular flexibility index (Phi) is 5.73. The topological polar surface area (TPSA) is 41.9 Å². The van der Waals surface area contributed by atoms with Crippen LogP contribution in [0, 0.1) is 5.92 Å². The molecule has 1 aliphatic carbocycles. The standard InChI is InChI=1S/C16H24ClNO3/c1-18(10-12-5-4-6-14(12)19)9-11-7-13(17)16(21-3)15(8-11)20-2/h7-8,12,14,19H,4-6,9-10H2,1-3H3/t12-,14+/m1/s1. The highest BCUT2D eigenvalue weighted by Gasteiger charge is 2.26. The zero-order chi connectivity index (χ0) is 15.4. The lowest BCUT2D eigenvalue weighted by Crippen LogP contribution is -2.29. The molecule has 1 N–H and O–H groups in total. The normalized spacial score (nSPS) is 21.8. The summed E-state index contributed by atoms with van der Waals surface area (Å²) in [6, 6.07) is 3.86. The molecule has 4 nitrogen and oxygen atoms in total. The van der Waals surface area contributed by atoms with Crippen molar-refractivity contribution in [3.8, 4) is 11.5 Å². The van der Waals surface area contributed by atoms with Gasteiger partial charge in [0.1, 0.15) is 0 Å². The van der Waals surface area contributed by atoms with Crippen molar-refractivity contribution in [1.29, 1.82) is 0 Å². The molecule has 0 saturated heterocycles. The smallest absolute Gasteiger partial charge is 0.179 e. The molecule has 0 aliphatic heterocycles. The zero-order valence-corrected chi connectivity index (χ0v) is 13.7. The number of benzene rings is 1. The predicted octanol–water partition coefficient (Wildman–Crippen LogP) is 2.95. The third kappa shape index (κ3) is 4.02. The predicted molar refractivity (Wildman–Crippen MR) is 84.2 cm³/mol. The SMILES string of the molecule is COc1cc(CN(C)C[C@H]2CCC[C@@H]2O)cc(Cl)c1OC. The molecule has 0 aromatic heterocycles. The van der Waals surface area contributed by atoms with Crippen LogP contribution in [0.15, 0.2) is 12.1 Å². The first-order chi connectivity index (χ1) is 10.0. The maximum absolute atomic E-state index is 9.91. The van der Waals surface area contributed by atoms with Crippen LogP contribution in [0.25, 0.3) is 0 Å². The molecule has 0 unspecified atom stereocenters. The lowest BCUT2D eigenvalue weighted by atomic mass is 10.1. The van der Waals surface area contributed by atoms with Gasteiger partial charge in [0.2, 0.25) is 0 Å². The van der Waals surface area contributed by atoms with Gasteiger partial charge in [-0.2, -0.15) is 0 Å².